The Morgan fingerprint density at radius 3 is 1.96 bits per heavy atom. The van der Waals surface area contributed by atoms with Crippen LogP contribution in [0.4, 0.5) is 0 Å². The fourth-order valence-corrected chi connectivity index (χ4v) is 2.90. The summed E-state index contributed by atoms with van der Waals surface area (Å²) >= 11 is 11.9. The molecule has 0 aliphatic carbocycles. The molecule has 1 aliphatic rings. The zero-order chi connectivity index (χ0) is 17.4. The summed E-state index contributed by atoms with van der Waals surface area (Å²) in [7, 11) is 1.38. The molecule has 0 saturated carbocycles. The van der Waals surface area contributed by atoms with E-state index in [4.69, 9.17) is 32.8 Å². The van der Waals surface area contributed by atoms with Gasteiger partial charge < -0.3 is 9.57 Å². The van der Waals surface area contributed by atoms with Gasteiger partial charge in [-0.05, 0) is 24.3 Å². The Hall–Kier alpha value is -2.57. The Bertz CT molecular complexity index is 823. The highest BCUT2D eigenvalue weighted by Gasteiger charge is 2.38. The van der Waals surface area contributed by atoms with Gasteiger partial charge in [-0.25, -0.2) is 4.79 Å². The summed E-state index contributed by atoms with van der Waals surface area (Å²) in [5, 5.41) is 0.609. The average molecular weight is 366 g/mol. The van der Waals surface area contributed by atoms with Crippen LogP contribution in [0.5, 0.6) is 5.75 Å². The molecule has 122 valence electrons. The van der Waals surface area contributed by atoms with Gasteiger partial charge in [-0.3, -0.25) is 9.59 Å². The second-order valence-electron chi connectivity index (χ2n) is 4.80. The molecular weight excluding hydrogens is 357 g/mol. The van der Waals surface area contributed by atoms with Crippen molar-refractivity contribution in [2.24, 2.45) is 0 Å². The van der Waals surface area contributed by atoms with Gasteiger partial charge in [0.05, 0.1) is 33.8 Å². The van der Waals surface area contributed by atoms with Crippen LogP contribution in [-0.2, 0) is 4.84 Å². The van der Waals surface area contributed by atoms with Crippen molar-refractivity contribution >= 4 is 41.0 Å². The minimum Gasteiger partial charge on any atom is -0.494 e. The number of hydrogen-bond acceptors (Lipinski definition) is 5. The van der Waals surface area contributed by atoms with Gasteiger partial charge in [-0.15, -0.1) is 0 Å². The van der Waals surface area contributed by atoms with E-state index in [-0.39, 0.29) is 32.5 Å². The molecule has 0 bridgehead atoms. The highest BCUT2D eigenvalue weighted by molar-refractivity contribution is 6.37. The lowest BCUT2D eigenvalue weighted by Gasteiger charge is -2.13. The molecule has 0 N–H and O–H groups in total. The van der Waals surface area contributed by atoms with Gasteiger partial charge in [0.1, 0.15) is 0 Å². The average Bonchev–Trinajstić information content (AvgIpc) is 2.80. The van der Waals surface area contributed by atoms with Crippen molar-refractivity contribution in [3.63, 3.8) is 0 Å². The molecule has 0 aromatic heterocycles. The van der Waals surface area contributed by atoms with Crippen LogP contribution < -0.4 is 4.74 Å². The number of imide groups is 1. The van der Waals surface area contributed by atoms with Gasteiger partial charge >= 0.3 is 5.97 Å². The number of methoxy groups -OCH3 is 1. The van der Waals surface area contributed by atoms with E-state index in [1.165, 1.54) is 31.4 Å². The van der Waals surface area contributed by atoms with Crippen LogP contribution >= 0.6 is 23.2 Å². The van der Waals surface area contributed by atoms with E-state index >= 15 is 0 Å². The molecule has 2 aromatic carbocycles. The third kappa shape index (κ3) is 2.60. The first-order valence-electron chi connectivity index (χ1n) is 6.67. The van der Waals surface area contributed by atoms with E-state index in [9.17, 15) is 14.4 Å². The molecule has 0 atom stereocenters. The van der Waals surface area contributed by atoms with Crippen molar-refractivity contribution in [2.75, 3.05) is 7.11 Å². The zero-order valence-corrected chi connectivity index (χ0v) is 13.7. The maximum atomic E-state index is 12.2. The first-order valence-corrected chi connectivity index (χ1v) is 7.42. The second kappa shape index (κ2) is 6.14. The van der Waals surface area contributed by atoms with E-state index in [0.29, 0.717) is 5.06 Å². The smallest absolute Gasteiger partial charge is 0.364 e. The molecule has 0 saturated heterocycles. The zero-order valence-electron chi connectivity index (χ0n) is 12.2. The summed E-state index contributed by atoms with van der Waals surface area (Å²) in [6.07, 6.45) is 0. The Morgan fingerprint density at radius 2 is 1.50 bits per heavy atom. The molecular formula is C16H9Cl2NO5. The summed E-state index contributed by atoms with van der Waals surface area (Å²) in [5.41, 5.74) is 0.310. The van der Waals surface area contributed by atoms with Gasteiger partial charge in [0.25, 0.3) is 11.8 Å². The lowest BCUT2D eigenvalue weighted by molar-refractivity contribution is -0.0584. The van der Waals surface area contributed by atoms with Gasteiger partial charge in [-0.1, -0.05) is 40.4 Å². The number of carbonyl (C=O) groups excluding carboxylic acids is 3. The topological polar surface area (TPSA) is 72.9 Å². The van der Waals surface area contributed by atoms with Crippen LogP contribution in [0.1, 0.15) is 31.1 Å². The Kier molecular flexibility index (Phi) is 4.17. The molecule has 0 radical (unpaired) electrons. The van der Waals surface area contributed by atoms with Crippen LogP contribution in [0.15, 0.2) is 36.4 Å². The lowest BCUT2D eigenvalue weighted by atomic mass is 10.1. The number of halogens is 2. The Morgan fingerprint density at radius 1 is 1.00 bits per heavy atom. The molecule has 1 heterocycles. The monoisotopic (exact) mass is 365 g/mol. The van der Waals surface area contributed by atoms with Crippen LogP contribution in [0, 0.1) is 0 Å². The van der Waals surface area contributed by atoms with Crippen molar-refractivity contribution in [1.82, 2.24) is 5.06 Å². The number of nitrogens with zero attached hydrogens (tertiary/aromatic N) is 1. The molecule has 0 spiro atoms. The molecule has 3 rings (SSSR count). The number of hydroxylamine groups is 2. The van der Waals surface area contributed by atoms with Gasteiger partial charge in [0.15, 0.2) is 5.75 Å². The van der Waals surface area contributed by atoms with Crippen LogP contribution in [0.2, 0.25) is 10.0 Å². The number of fused-ring (bicyclic) bond motifs is 1. The molecule has 6 nitrogen and oxygen atoms in total. The summed E-state index contributed by atoms with van der Waals surface area (Å²) in [6, 6.07) is 8.71. The van der Waals surface area contributed by atoms with Gasteiger partial charge in [0, 0.05) is 0 Å². The summed E-state index contributed by atoms with van der Waals surface area (Å²) in [5.74, 6) is -2.17. The first-order chi connectivity index (χ1) is 11.4. The molecule has 2 amide bonds. The summed E-state index contributed by atoms with van der Waals surface area (Å²) in [4.78, 5) is 41.5. The maximum Gasteiger partial charge on any atom is 0.364 e. The second-order valence-corrected chi connectivity index (χ2v) is 5.62. The minimum atomic E-state index is -0.948. The molecule has 8 heteroatoms. The normalized spacial score (nSPS) is 13.0. The minimum absolute atomic E-state index is 0.0256. The van der Waals surface area contributed by atoms with Crippen molar-refractivity contribution in [1.29, 1.82) is 0 Å². The third-order valence-corrected chi connectivity index (χ3v) is 3.93. The first kappa shape index (κ1) is 16.3. The fraction of sp³-hybridized carbons (Fsp3) is 0.0625. The van der Waals surface area contributed by atoms with Crippen LogP contribution in [0.3, 0.4) is 0 Å². The predicted molar refractivity (Wildman–Crippen MR) is 85.4 cm³/mol. The Balaban J connectivity index is 1.87. The predicted octanol–water partition coefficient (Wildman–Crippen LogP) is 3.37. The number of amides is 2. The van der Waals surface area contributed by atoms with Crippen LogP contribution in [0.25, 0.3) is 0 Å². The summed E-state index contributed by atoms with van der Waals surface area (Å²) < 4.78 is 4.99. The number of ether oxygens (including phenoxy) is 1. The fourth-order valence-electron chi connectivity index (χ4n) is 2.26. The lowest BCUT2D eigenvalue weighted by Crippen LogP contribution is -2.32. The quantitative estimate of drug-likeness (QED) is 0.779. The number of hydrogen-bond donors (Lipinski definition) is 0. The standard InChI is InChI=1S/C16H9Cl2NO5/c1-23-13-11(17)6-8(7-12(13)18)16(22)24-19-14(20)9-4-2-3-5-10(9)15(19)21/h2-7H,1H3. The Labute approximate surface area is 146 Å². The maximum absolute atomic E-state index is 12.2. The van der Waals surface area contributed by atoms with Crippen molar-refractivity contribution in [3.8, 4) is 5.75 Å². The van der Waals surface area contributed by atoms with Crippen LogP contribution in [-0.4, -0.2) is 30.0 Å². The van der Waals surface area contributed by atoms with Crippen molar-refractivity contribution in [3.05, 3.63) is 63.1 Å². The van der Waals surface area contributed by atoms with E-state index in [2.05, 4.69) is 0 Å². The number of benzene rings is 2. The summed E-state index contributed by atoms with van der Waals surface area (Å²) in [6.45, 7) is 0. The molecule has 0 fully saturated rings. The molecule has 0 unspecified atom stereocenters. The number of rotatable bonds is 3. The SMILES string of the molecule is COc1c(Cl)cc(C(=O)ON2C(=O)c3ccccc3C2=O)cc1Cl. The largest absolute Gasteiger partial charge is 0.494 e. The van der Waals surface area contributed by atoms with Crippen molar-refractivity contribution in [2.45, 2.75) is 0 Å². The van der Waals surface area contributed by atoms with Crippen molar-refractivity contribution < 1.29 is 24.0 Å². The highest BCUT2D eigenvalue weighted by atomic mass is 35.5. The van der Waals surface area contributed by atoms with Gasteiger partial charge in [0.2, 0.25) is 0 Å². The highest BCUT2D eigenvalue weighted by Crippen LogP contribution is 2.34. The van der Waals surface area contributed by atoms with E-state index in [1.54, 1.807) is 12.1 Å². The number of carbonyl (C=O) groups is 3. The molecule has 24 heavy (non-hydrogen) atoms. The van der Waals surface area contributed by atoms with Gasteiger partial charge in [-0.2, -0.15) is 0 Å². The van der Waals surface area contributed by atoms with E-state index in [0.717, 1.165) is 0 Å². The third-order valence-electron chi connectivity index (χ3n) is 3.37. The molecule has 2 aromatic rings. The van der Waals surface area contributed by atoms with E-state index in [1.807, 2.05) is 0 Å². The van der Waals surface area contributed by atoms with E-state index < -0.39 is 17.8 Å². The molecule has 1 aliphatic heterocycles.